The summed E-state index contributed by atoms with van der Waals surface area (Å²) in [6.45, 7) is 0. The molecule has 2 amide bonds. The summed E-state index contributed by atoms with van der Waals surface area (Å²) in [6.07, 6.45) is 0. The number of carbonyl (C=O) groups is 2. The number of hydrazine groups is 1. The first-order valence-corrected chi connectivity index (χ1v) is 12.8. The van der Waals surface area contributed by atoms with Crippen molar-refractivity contribution >= 4 is 23.2 Å². The Morgan fingerprint density at radius 1 is 0.737 bits per heavy atom. The monoisotopic (exact) mass is 498 g/mol. The minimum atomic E-state index is -1.10. The SMILES string of the molecule is CN1C(=O)[C@@H]2[C@H](C1=O)[C@@]13N[N+](c4ccccc4)=N[C@@]1(c1ccccc1-c1ccccc13)N2c1ccccc1. The van der Waals surface area contributed by atoms with Gasteiger partial charge >= 0.3 is 0 Å². The normalized spacial score (nSPS) is 28.2. The molecule has 0 unspecified atom stereocenters. The fourth-order valence-corrected chi connectivity index (χ4v) is 7.22. The number of imide groups is 1. The minimum absolute atomic E-state index is 0.199. The molecule has 1 N–H and O–H groups in total. The number of hydrogen-bond donors (Lipinski definition) is 1. The smallest absolute Gasteiger partial charge is 0.265 e. The zero-order chi connectivity index (χ0) is 25.6. The molecule has 4 aromatic rings. The van der Waals surface area contributed by atoms with Gasteiger partial charge in [0.2, 0.25) is 5.91 Å². The van der Waals surface area contributed by atoms with Crippen LogP contribution in [0.5, 0.6) is 0 Å². The maximum absolute atomic E-state index is 14.1. The molecule has 0 aromatic heterocycles. The lowest BCUT2D eigenvalue weighted by Crippen LogP contribution is -2.61. The van der Waals surface area contributed by atoms with Crippen LogP contribution < -0.4 is 10.3 Å². The number of likely N-dealkylation sites (N-methyl/N-ethyl adjacent to an activating group) is 1. The lowest BCUT2D eigenvalue weighted by atomic mass is 9.63. The highest BCUT2D eigenvalue weighted by molar-refractivity contribution is 6.11. The van der Waals surface area contributed by atoms with E-state index in [1.807, 2.05) is 84.9 Å². The van der Waals surface area contributed by atoms with E-state index in [0.717, 1.165) is 33.6 Å². The van der Waals surface area contributed by atoms with Gasteiger partial charge in [0.05, 0.1) is 0 Å². The van der Waals surface area contributed by atoms with E-state index >= 15 is 0 Å². The molecule has 7 nitrogen and oxygen atoms in total. The third-order valence-corrected chi connectivity index (χ3v) is 8.65. The molecule has 0 spiro atoms. The first-order chi connectivity index (χ1) is 18.6. The molecule has 3 heterocycles. The van der Waals surface area contributed by atoms with Crippen molar-refractivity contribution < 1.29 is 14.4 Å². The maximum Gasteiger partial charge on any atom is 0.265 e. The van der Waals surface area contributed by atoms with Crippen LogP contribution in [-0.2, 0) is 20.8 Å². The number of carbonyl (C=O) groups excluding carboxylic acids is 2. The van der Waals surface area contributed by atoms with Gasteiger partial charge in [-0.3, -0.25) is 14.5 Å². The molecule has 0 radical (unpaired) electrons. The summed E-state index contributed by atoms with van der Waals surface area (Å²) in [5, 5.41) is 5.46. The van der Waals surface area contributed by atoms with Gasteiger partial charge in [0, 0.05) is 40.4 Å². The molecule has 4 atom stereocenters. The fraction of sp³-hybridized carbons (Fsp3) is 0.161. The summed E-state index contributed by atoms with van der Waals surface area (Å²) >= 11 is 0. The third kappa shape index (κ3) is 2.26. The molecule has 2 fully saturated rings. The molecule has 4 aromatic carbocycles. The van der Waals surface area contributed by atoms with E-state index in [1.54, 1.807) is 11.9 Å². The minimum Gasteiger partial charge on any atom is -0.323 e. The molecule has 184 valence electrons. The molecule has 7 heteroatoms. The number of likely N-dealkylation sites (tertiary alicyclic amines) is 1. The second-order valence-corrected chi connectivity index (χ2v) is 10.3. The molecular formula is C31H24N5O2+. The van der Waals surface area contributed by atoms with Crippen molar-refractivity contribution in [3.63, 3.8) is 0 Å². The van der Waals surface area contributed by atoms with Gasteiger partial charge in [-0.2, -0.15) is 5.43 Å². The molecule has 8 rings (SSSR count). The van der Waals surface area contributed by atoms with Gasteiger partial charge in [0.1, 0.15) is 12.0 Å². The lowest BCUT2D eigenvalue weighted by Gasteiger charge is -2.45. The molecule has 4 aliphatic rings. The van der Waals surface area contributed by atoms with Gasteiger partial charge in [-0.05, 0) is 28.8 Å². The summed E-state index contributed by atoms with van der Waals surface area (Å²) in [5.74, 6) is -1.11. The number of azo groups is 1. The van der Waals surface area contributed by atoms with E-state index < -0.39 is 23.2 Å². The van der Waals surface area contributed by atoms with Crippen molar-refractivity contribution in [2.45, 2.75) is 17.2 Å². The van der Waals surface area contributed by atoms with Crippen molar-refractivity contribution in [3.8, 4) is 11.1 Å². The van der Waals surface area contributed by atoms with Crippen LogP contribution in [0, 0.1) is 5.92 Å². The predicted octanol–water partition coefficient (Wildman–Crippen LogP) is 4.53. The first-order valence-electron chi connectivity index (χ1n) is 12.8. The number of rotatable bonds is 2. The van der Waals surface area contributed by atoms with Crippen LogP contribution in [0.25, 0.3) is 11.1 Å². The van der Waals surface area contributed by atoms with Crippen LogP contribution in [0.2, 0.25) is 0 Å². The average Bonchev–Trinajstić information content (AvgIpc) is 3.54. The number of anilines is 1. The van der Waals surface area contributed by atoms with Gasteiger partial charge in [0.15, 0.2) is 5.54 Å². The van der Waals surface area contributed by atoms with Crippen molar-refractivity contribution in [2.24, 2.45) is 11.0 Å². The fourth-order valence-electron chi connectivity index (χ4n) is 7.22. The van der Waals surface area contributed by atoms with E-state index in [1.165, 1.54) is 4.90 Å². The van der Waals surface area contributed by atoms with Crippen LogP contribution in [0.3, 0.4) is 0 Å². The van der Waals surface area contributed by atoms with E-state index in [2.05, 4.69) is 34.6 Å². The zero-order valence-corrected chi connectivity index (χ0v) is 20.7. The number of nitrogens with one attached hydrogen (secondary N) is 1. The number of nitrogens with zero attached hydrogens (tertiary/aromatic N) is 4. The molecule has 38 heavy (non-hydrogen) atoms. The van der Waals surface area contributed by atoms with Crippen molar-refractivity contribution in [3.05, 3.63) is 120 Å². The largest absolute Gasteiger partial charge is 0.323 e. The van der Waals surface area contributed by atoms with Crippen LogP contribution in [0.15, 0.2) is 114 Å². The van der Waals surface area contributed by atoms with Crippen LogP contribution in [-0.4, -0.2) is 34.6 Å². The summed E-state index contributed by atoms with van der Waals surface area (Å²) < 4.78 is 0. The summed E-state index contributed by atoms with van der Waals surface area (Å²) in [4.78, 5) is 33.2. The number of amides is 2. The van der Waals surface area contributed by atoms with Gasteiger partial charge in [-0.1, -0.05) is 84.9 Å². The number of para-hydroxylation sites is 2. The Bertz CT molecular complexity index is 1690. The van der Waals surface area contributed by atoms with E-state index in [4.69, 9.17) is 5.11 Å². The third-order valence-electron chi connectivity index (χ3n) is 8.65. The number of fused-ring (bicyclic) bond motifs is 4. The predicted molar refractivity (Wildman–Crippen MR) is 141 cm³/mol. The summed E-state index contributed by atoms with van der Waals surface area (Å²) in [5.41, 5.74) is 7.32. The van der Waals surface area contributed by atoms with Crippen LogP contribution in [0.4, 0.5) is 11.4 Å². The lowest BCUT2D eigenvalue weighted by molar-refractivity contribution is -0.570. The second kappa shape index (κ2) is 7.16. The van der Waals surface area contributed by atoms with E-state index in [0.29, 0.717) is 0 Å². The van der Waals surface area contributed by atoms with Gasteiger partial charge in [-0.15, -0.1) is 0 Å². The Kier molecular flexibility index (Phi) is 4.02. The highest BCUT2D eigenvalue weighted by Crippen LogP contribution is 2.68. The van der Waals surface area contributed by atoms with Crippen LogP contribution >= 0.6 is 0 Å². The van der Waals surface area contributed by atoms with E-state index in [9.17, 15) is 9.59 Å². The van der Waals surface area contributed by atoms with Gasteiger partial charge < -0.3 is 4.90 Å². The highest BCUT2D eigenvalue weighted by Gasteiger charge is 2.84. The van der Waals surface area contributed by atoms with Gasteiger partial charge in [-0.25, -0.2) is 0 Å². The quantitative estimate of drug-likeness (QED) is 0.326. The molecule has 1 aliphatic carbocycles. The Balaban J connectivity index is 1.56. The van der Waals surface area contributed by atoms with Crippen molar-refractivity contribution in [2.75, 3.05) is 11.9 Å². The maximum atomic E-state index is 14.1. The molecule has 2 saturated heterocycles. The Hall–Kier alpha value is -4.78. The number of hydrogen-bond acceptors (Lipinski definition) is 5. The standard InChI is InChI=1S/C31H24N5O2/c1-34-28(37)26-27(29(34)38)35(20-12-4-2-5-13-20)31-25-19-11-9-17-23(25)22-16-8-10-18-24(22)30(26,31)32-36(33-31)21-14-6-3-7-15-21/h2-19,26-27H,1H3,(H,32,33)/q+1/t26-,27+,30-,31+/m1/s1. The zero-order valence-electron chi connectivity index (χ0n) is 20.7. The van der Waals surface area contributed by atoms with Crippen molar-refractivity contribution in [1.82, 2.24) is 10.3 Å². The number of benzene rings is 4. The molecular weight excluding hydrogens is 474 g/mol. The van der Waals surface area contributed by atoms with Crippen molar-refractivity contribution in [1.29, 1.82) is 0 Å². The van der Waals surface area contributed by atoms with Gasteiger partial charge in [0.25, 0.3) is 17.3 Å². The highest BCUT2D eigenvalue weighted by atomic mass is 16.2. The molecule has 0 bridgehead atoms. The van der Waals surface area contributed by atoms with Crippen LogP contribution in [0.1, 0.15) is 11.1 Å². The topological polar surface area (TPSA) is 68.0 Å². The molecule has 3 aliphatic heterocycles. The summed E-state index contributed by atoms with van der Waals surface area (Å²) in [7, 11) is 1.59. The average molecular weight is 499 g/mol. The Morgan fingerprint density at radius 2 is 1.32 bits per heavy atom. The molecule has 0 saturated carbocycles. The Labute approximate surface area is 219 Å². The Morgan fingerprint density at radius 3 is 2.03 bits per heavy atom. The van der Waals surface area contributed by atoms with E-state index in [-0.39, 0.29) is 11.8 Å². The summed E-state index contributed by atoms with van der Waals surface area (Å²) in [6, 6.07) is 35.5. The second-order valence-electron chi connectivity index (χ2n) is 10.3. The first kappa shape index (κ1) is 21.3.